The number of anilines is 2. The molecule has 0 atom stereocenters. The SMILES string of the molecule is CC(=O)Nc1cc(NC(=O)Cc2coc3c(C)c(C)ccc23)ccc1F. The van der Waals surface area contributed by atoms with Crippen LogP contribution in [0.4, 0.5) is 15.8 Å². The molecule has 1 aromatic heterocycles. The lowest BCUT2D eigenvalue weighted by atomic mass is 10.0. The lowest BCUT2D eigenvalue weighted by Gasteiger charge is -2.09. The zero-order valence-corrected chi connectivity index (χ0v) is 14.8. The lowest BCUT2D eigenvalue weighted by Crippen LogP contribution is -2.15. The first-order valence-electron chi connectivity index (χ1n) is 8.18. The Kier molecular flexibility index (Phi) is 4.75. The number of fused-ring (bicyclic) bond motifs is 1. The summed E-state index contributed by atoms with van der Waals surface area (Å²) < 4.78 is 19.3. The van der Waals surface area contributed by atoms with Gasteiger partial charge in [-0.25, -0.2) is 4.39 Å². The molecule has 3 rings (SSSR count). The van der Waals surface area contributed by atoms with Gasteiger partial charge in [0, 0.05) is 23.6 Å². The van der Waals surface area contributed by atoms with Crippen molar-refractivity contribution in [3.8, 4) is 0 Å². The second-order valence-corrected chi connectivity index (χ2v) is 6.25. The van der Waals surface area contributed by atoms with Crippen LogP contribution < -0.4 is 10.6 Å². The molecule has 26 heavy (non-hydrogen) atoms. The molecule has 1 heterocycles. The zero-order valence-electron chi connectivity index (χ0n) is 14.8. The van der Waals surface area contributed by atoms with E-state index in [-0.39, 0.29) is 23.9 Å². The van der Waals surface area contributed by atoms with Crippen LogP contribution in [0.25, 0.3) is 11.0 Å². The summed E-state index contributed by atoms with van der Waals surface area (Å²) in [6, 6.07) is 7.96. The number of rotatable bonds is 4. The number of halogens is 1. The van der Waals surface area contributed by atoms with Crippen molar-refractivity contribution in [3.63, 3.8) is 0 Å². The van der Waals surface area contributed by atoms with Crippen LogP contribution in [0, 0.1) is 19.7 Å². The van der Waals surface area contributed by atoms with Gasteiger partial charge in [-0.1, -0.05) is 12.1 Å². The molecule has 0 bridgehead atoms. The van der Waals surface area contributed by atoms with Crippen LogP contribution >= 0.6 is 0 Å². The molecule has 0 saturated carbocycles. The molecule has 3 aromatic rings. The van der Waals surface area contributed by atoms with Gasteiger partial charge in [0.15, 0.2) is 0 Å². The third-order valence-electron chi connectivity index (χ3n) is 4.25. The van der Waals surface area contributed by atoms with Crippen LogP contribution in [0.3, 0.4) is 0 Å². The first kappa shape index (κ1) is 17.7. The predicted molar refractivity (Wildman–Crippen MR) is 98.7 cm³/mol. The van der Waals surface area contributed by atoms with Gasteiger partial charge in [-0.05, 0) is 43.2 Å². The summed E-state index contributed by atoms with van der Waals surface area (Å²) in [4.78, 5) is 23.5. The molecule has 0 spiro atoms. The third kappa shape index (κ3) is 3.59. The highest BCUT2D eigenvalue weighted by molar-refractivity contribution is 5.97. The summed E-state index contributed by atoms with van der Waals surface area (Å²) in [5.41, 5.74) is 4.16. The van der Waals surface area contributed by atoms with Crippen molar-refractivity contribution in [3.05, 3.63) is 59.1 Å². The third-order valence-corrected chi connectivity index (χ3v) is 4.25. The van der Waals surface area contributed by atoms with E-state index in [0.29, 0.717) is 5.69 Å². The highest BCUT2D eigenvalue weighted by Gasteiger charge is 2.14. The van der Waals surface area contributed by atoms with E-state index in [9.17, 15) is 14.0 Å². The number of furan rings is 1. The minimum Gasteiger partial charge on any atom is -0.464 e. The Labute approximate surface area is 150 Å². The summed E-state index contributed by atoms with van der Waals surface area (Å²) in [6.07, 6.45) is 1.71. The Balaban J connectivity index is 1.77. The van der Waals surface area contributed by atoms with E-state index < -0.39 is 5.82 Å². The van der Waals surface area contributed by atoms with Crippen LogP contribution in [0.1, 0.15) is 23.6 Å². The summed E-state index contributed by atoms with van der Waals surface area (Å²) in [5.74, 6) is -1.21. The number of amides is 2. The van der Waals surface area contributed by atoms with Crippen molar-refractivity contribution in [2.24, 2.45) is 0 Å². The molecule has 6 heteroatoms. The van der Waals surface area contributed by atoms with Crippen LogP contribution in [-0.4, -0.2) is 11.8 Å². The highest BCUT2D eigenvalue weighted by atomic mass is 19.1. The van der Waals surface area contributed by atoms with Crippen molar-refractivity contribution < 1.29 is 18.4 Å². The van der Waals surface area contributed by atoms with E-state index >= 15 is 0 Å². The maximum absolute atomic E-state index is 13.7. The Morgan fingerprint density at radius 1 is 1.12 bits per heavy atom. The van der Waals surface area contributed by atoms with Crippen molar-refractivity contribution in [1.29, 1.82) is 0 Å². The topological polar surface area (TPSA) is 71.3 Å². The molecule has 0 aliphatic heterocycles. The first-order chi connectivity index (χ1) is 12.3. The Bertz CT molecular complexity index is 1010. The van der Waals surface area contributed by atoms with Gasteiger partial charge in [0.2, 0.25) is 11.8 Å². The van der Waals surface area contributed by atoms with Gasteiger partial charge in [0.1, 0.15) is 11.4 Å². The summed E-state index contributed by atoms with van der Waals surface area (Å²) in [5, 5.41) is 6.00. The molecule has 0 radical (unpaired) electrons. The Morgan fingerprint density at radius 3 is 2.62 bits per heavy atom. The molecule has 0 aliphatic rings. The molecular weight excluding hydrogens is 335 g/mol. The van der Waals surface area contributed by atoms with Gasteiger partial charge in [-0.15, -0.1) is 0 Å². The maximum atomic E-state index is 13.7. The van der Waals surface area contributed by atoms with E-state index in [0.717, 1.165) is 27.7 Å². The molecule has 0 unspecified atom stereocenters. The average molecular weight is 354 g/mol. The fourth-order valence-electron chi connectivity index (χ4n) is 2.79. The van der Waals surface area contributed by atoms with Crippen molar-refractivity contribution in [1.82, 2.24) is 0 Å². The normalized spacial score (nSPS) is 10.8. The molecule has 0 aliphatic carbocycles. The van der Waals surface area contributed by atoms with E-state index in [1.54, 1.807) is 6.26 Å². The monoisotopic (exact) mass is 354 g/mol. The molecule has 2 N–H and O–H groups in total. The highest BCUT2D eigenvalue weighted by Crippen LogP contribution is 2.27. The number of hydrogen-bond donors (Lipinski definition) is 2. The van der Waals surface area contributed by atoms with E-state index in [1.807, 2.05) is 26.0 Å². The van der Waals surface area contributed by atoms with Crippen LogP contribution in [-0.2, 0) is 16.0 Å². The van der Waals surface area contributed by atoms with E-state index in [4.69, 9.17) is 4.42 Å². The minimum atomic E-state index is -0.565. The summed E-state index contributed by atoms with van der Waals surface area (Å²) in [7, 11) is 0. The predicted octanol–water partition coefficient (Wildman–Crippen LogP) is 4.33. The standard InChI is InChI=1S/C20H19FN2O3/c1-11-4-6-16-14(10-26-20(16)12(11)2)8-19(25)23-15-5-7-17(21)18(9-15)22-13(3)24/h4-7,9-10H,8H2,1-3H3,(H,22,24)(H,23,25). The van der Waals surface area contributed by atoms with Gasteiger partial charge in [0.05, 0.1) is 18.4 Å². The van der Waals surface area contributed by atoms with Gasteiger partial charge >= 0.3 is 0 Å². The summed E-state index contributed by atoms with van der Waals surface area (Å²) in [6.45, 7) is 5.27. The van der Waals surface area contributed by atoms with Crippen LogP contribution in [0.5, 0.6) is 0 Å². The van der Waals surface area contributed by atoms with Gasteiger partial charge in [-0.3, -0.25) is 9.59 Å². The second kappa shape index (κ2) is 7.00. The first-order valence-corrected chi connectivity index (χ1v) is 8.18. The van der Waals surface area contributed by atoms with Crippen molar-refractivity contribution in [2.45, 2.75) is 27.2 Å². The Hall–Kier alpha value is -3.15. The van der Waals surface area contributed by atoms with Crippen molar-refractivity contribution >= 4 is 34.2 Å². The van der Waals surface area contributed by atoms with E-state index in [2.05, 4.69) is 10.6 Å². The summed E-state index contributed by atoms with van der Waals surface area (Å²) >= 11 is 0. The van der Waals surface area contributed by atoms with Crippen molar-refractivity contribution in [2.75, 3.05) is 10.6 Å². The largest absolute Gasteiger partial charge is 0.464 e. The van der Waals surface area contributed by atoms with Crippen LogP contribution in [0.15, 0.2) is 41.0 Å². The second-order valence-electron chi connectivity index (χ2n) is 6.25. The number of aryl methyl sites for hydroxylation is 2. The lowest BCUT2D eigenvalue weighted by molar-refractivity contribution is -0.115. The number of hydrogen-bond acceptors (Lipinski definition) is 3. The average Bonchev–Trinajstić information content (AvgIpc) is 2.97. The molecule has 0 saturated heterocycles. The van der Waals surface area contributed by atoms with E-state index in [1.165, 1.54) is 25.1 Å². The molecule has 5 nitrogen and oxygen atoms in total. The number of nitrogens with one attached hydrogen (secondary N) is 2. The molecule has 0 fully saturated rings. The van der Waals surface area contributed by atoms with Gasteiger partial charge in [-0.2, -0.15) is 0 Å². The number of benzene rings is 2. The molecule has 2 aromatic carbocycles. The molecule has 2 amide bonds. The number of carbonyl (C=O) groups is 2. The quantitative estimate of drug-likeness (QED) is 0.733. The number of carbonyl (C=O) groups excluding carboxylic acids is 2. The van der Waals surface area contributed by atoms with Gasteiger partial charge in [0.25, 0.3) is 0 Å². The molecule has 134 valence electrons. The minimum absolute atomic E-state index is 0.0233. The maximum Gasteiger partial charge on any atom is 0.228 e. The van der Waals surface area contributed by atoms with Crippen LogP contribution in [0.2, 0.25) is 0 Å². The smallest absolute Gasteiger partial charge is 0.228 e. The van der Waals surface area contributed by atoms with Gasteiger partial charge < -0.3 is 15.1 Å². The fraction of sp³-hybridized carbons (Fsp3) is 0.200. The molecular formula is C20H19FN2O3. The zero-order chi connectivity index (χ0) is 18.8. The Morgan fingerprint density at radius 2 is 1.88 bits per heavy atom. The fourth-order valence-corrected chi connectivity index (χ4v) is 2.79.